The molecule has 1 aromatic carbocycles. The second-order valence-electron chi connectivity index (χ2n) is 6.13. The van der Waals surface area contributed by atoms with E-state index in [1.807, 2.05) is 26.8 Å². The van der Waals surface area contributed by atoms with Gasteiger partial charge in [-0.15, -0.1) is 0 Å². The molecule has 2 N–H and O–H groups in total. The lowest BCUT2D eigenvalue weighted by molar-refractivity contribution is -0.140. The predicted octanol–water partition coefficient (Wildman–Crippen LogP) is 3.98. The van der Waals surface area contributed by atoms with Crippen molar-refractivity contribution < 1.29 is 18.7 Å². The van der Waals surface area contributed by atoms with Gasteiger partial charge in [-0.05, 0) is 55.2 Å². The van der Waals surface area contributed by atoms with E-state index in [1.165, 1.54) is 12.1 Å². The maximum Gasteiger partial charge on any atom is 0.320 e. The Balaban J connectivity index is 2.06. The third-order valence-electron chi connectivity index (χ3n) is 3.64. The van der Waals surface area contributed by atoms with E-state index < -0.39 is 12.0 Å². The number of carboxylic acid groups (broad SMARTS) is 1. The van der Waals surface area contributed by atoms with Crippen LogP contribution in [0.15, 0.2) is 34.7 Å². The smallest absolute Gasteiger partial charge is 0.320 e. The number of benzene rings is 1. The Morgan fingerprint density at radius 3 is 2.65 bits per heavy atom. The number of hydrogen-bond acceptors (Lipinski definition) is 3. The molecule has 0 saturated carbocycles. The number of aliphatic carboxylic acids is 1. The monoisotopic (exact) mass is 319 g/mol. The van der Waals surface area contributed by atoms with Crippen LogP contribution in [0.5, 0.6) is 0 Å². The molecule has 1 heterocycles. The Morgan fingerprint density at radius 1 is 1.30 bits per heavy atom. The highest BCUT2D eigenvalue weighted by atomic mass is 19.1. The number of carboxylic acids is 1. The van der Waals surface area contributed by atoms with Gasteiger partial charge in [-0.25, -0.2) is 4.39 Å². The zero-order chi connectivity index (χ0) is 17.0. The molecule has 0 bridgehead atoms. The van der Waals surface area contributed by atoms with Crippen molar-refractivity contribution in [3.63, 3.8) is 0 Å². The average molecular weight is 319 g/mol. The van der Waals surface area contributed by atoms with Crippen molar-refractivity contribution in [3.05, 3.63) is 47.5 Å². The summed E-state index contributed by atoms with van der Waals surface area (Å²) in [4.78, 5) is 11.2. The Morgan fingerprint density at radius 2 is 2.04 bits per heavy atom. The first kappa shape index (κ1) is 17.2. The summed E-state index contributed by atoms with van der Waals surface area (Å²) in [7, 11) is 0. The topological polar surface area (TPSA) is 62.5 Å². The quantitative estimate of drug-likeness (QED) is 0.810. The molecule has 1 atom stereocenters. The maximum atomic E-state index is 13.2. The number of aryl methyl sites for hydroxylation is 1. The first-order valence-electron chi connectivity index (χ1n) is 7.68. The van der Waals surface area contributed by atoms with Crippen LogP contribution in [0.4, 0.5) is 4.39 Å². The standard InChI is InChI=1S/C18H22FNO3/c1-11(2)8-16(18(21)22)20-10-14-5-7-17(23-14)15-6-4-13(19)9-12(15)3/h4-7,9,11,16,20H,8,10H2,1-3H3,(H,21,22)/t16-/m1/s1. The normalized spacial score (nSPS) is 12.6. The fraction of sp³-hybridized carbons (Fsp3) is 0.389. The van der Waals surface area contributed by atoms with Crippen LogP contribution < -0.4 is 5.32 Å². The SMILES string of the molecule is Cc1cc(F)ccc1-c1ccc(CN[C@H](CC(C)C)C(=O)O)o1. The van der Waals surface area contributed by atoms with Crippen molar-refractivity contribution in [2.24, 2.45) is 5.92 Å². The van der Waals surface area contributed by atoms with E-state index in [2.05, 4.69) is 5.32 Å². The minimum Gasteiger partial charge on any atom is -0.480 e. The number of carbonyl (C=O) groups is 1. The summed E-state index contributed by atoms with van der Waals surface area (Å²) in [6, 6.07) is 7.55. The average Bonchev–Trinajstić information content (AvgIpc) is 2.91. The van der Waals surface area contributed by atoms with Crippen LogP contribution in [0, 0.1) is 18.7 Å². The fourth-order valence-corrected chi connectivity index (χ4v) is 2.49. The molecule has 0 aliphatic carbocycles. The Bertz CT molecular complexity index is 679. The molecule has 1 aromatic heterocycles. The summed E-state index contributed by atoms with van der Waals surface area (Å²) in [5.74, 6) is 0.448. The predicted molar refractivity (Wildman–Crippen MR) is 86.6 cm³/mol. The van der Waals surface area contributed by atoms with Crippen LogP contribution in [-0.4, -0.2) is 17.1 Å². The molecule has 0 spiro atoms. The zero-order valence-electron chi connectivity index (χ0n) is 13.6. The van der Waals surface area contributed by atoms with E-state index in [9.17, 15) is 14.3 Å². The number of nitrogens with one attached hydrogen (secondary N) is 1. The Labute approximate surface area is 135 Å². The van der Waals surface area contributed by atoms with Gasteiger partial charge < -0.3 is 9.52 Å². The molecule has 0 amide bonds. The molecule has 0 unspecified atom stereocenters. The first-order chi connectivity index (χ1) is 10.9. The van der Waals surface area contributed by atoms with E-state index >= 15 is 0 Å². The second-order valence-corrected chi connectivity index (χ2v) is 6.13. The molecular formula is C18H22FNO3. The number of rotatable bonds is 7. The second kappa shape index (κ2) is 7.42. The highest BCUT2D eigenvalue weighted by Crippen LogP contribution is 2.26. The molecule has 0 saturated heterocycles. The van der Waals surface area contributed by atoms with E-state index in [4.69, 9.17) is 4.42 Å². The van der Waals surface area contributed by atoms with Gasteiger partial charge in [0.15, 0.2) is 0 Å². The van der Waals surface area contributed by atoms with E-state index in [0.717, 1.165) is 11.1 Å². The van der Waals surface area contributed by atoms with Crippen molar-refractivity contribution in [2.45, 2.75) is 39.8 Å². The van der Waals surface area contributed by atoms with Crippen LogP contribution >= 0.6 is 0 Å². The van der Waals surface area contributed by atoms with Crippen molar-refractivity contribution in [1.82, 2.24) is 5.32 Å². The molecule has 2 rings (SSSR count). The summed E-state index contributed by atoms with van der Waals surface area (Å²) >= 11 is 0. The fourth-order valence-electron chi connectivity index (χ4n) is 2.49. The van der Waals surface area contributed by atoms with E-state index in [0.29, 0.717) is 24.5 Å². The molecule has 124 valence electrons. The van der Waals surface area contributed by atoms with Gasteiger partial charge >= 0.3 is 5.97 Å². The molecule has 2 aromatic rings. The lowest BCUT2D eigenvalue weighted by Gasteiger charge is -2.15. The van der Waals surface area contributed by atoms with Crippen molar-refractivity contribution in [2.75, 3.05) is 0 Å². The van der Waals surface area contributed by atoms with Crippen molar-refractivity contribution in [1.29, 1.82) is 0 Å². The molecule has 0 aliphatic heterocycles. The summed E-state index contributed by atoms with van der Waals surface area (Å²) in [6.45, 7) is 6.13. The molecular weight excluding hydrogens is 297 g/mol. The maximum absolute atomic E-state index is 13.2. The Hall–Kier alpha value is -2.14. The van der Waals surface area contributed by atoms with Gasteiger partial charge in [0, 0.05) is 5.56 Å². The molecule has 0 fully saturated rings. The molecule has 23 heavy (non-hydrogen) atoms. The van der Waals surface area contributed by atoms with Gasteiger partial charge in [-0.1, -0.05) is 13.8 Å². The highest BCUT2D eigenvalue weighted by Gasteiger charge is 2.18. The van der Waals surface area contributed by atoms with Gasteiger partial charge in [0.05, 0.1) is 6.54 Å². The van der Waals surface area contributed by atoms with Gasteiger partial charge in [-0.2, -0.15) is 0 Å². The first-order valence-corrected chi connectivity index (χ1v) is 7.68. The largest absolute Gasteiger partial charge is 0.480 e. The van der Waals surface area contributed by atoms with E-state index in [-0.39, 0.29) is 11.7 Å². The minimum atomic E-state index is -0.861. The third kappa shape index (κ3) is 4.66. The Kier molecular flexibility index (Phi) is 5.55. The van der Waals surface area contributed by atoms with Gasteiger partial charge in [0.1, 0.15) is 23.4 Å². The van der Waals surface area contributed by atoms with Gasteiger partial charge in [0.25, 0.3) is 0 Å². The molecule has 5 heteroatoms. The number of halogens is 1. The molecule has 0 radical (unpaired) electrons. The summed E-state index contributed by atoms with van der Waals surface area (Å²) < 4.78 is 18.9. The number of hydrogen-bond donors (Lipinski definition) is 2. The summed E-state index contributed by atoms with van der Waals surface area (Å²) in [5.41, 5.74) is 1.62. The van der Waals surface area contributed by atoms with E-state index in [1.54, 1.807) is 12.1 Å². The van der Waals surface area contributed by atoms with Crippen LogP contribution in [0.3, 0.4) is 0 Å². The lowest BCUT2D eigenvalue weighted by atomic mass is 10.0. The summed E-state index contributed by atoms with van der Waals surface area (Å²) in [5, 5.41) is 12.2. The van der Waals surface area contributed by atoms with Gasteiger partial charge in [0.2, 0.25) is 0 Å². The van der Waals surface area contributed by atoms with Crippen LogP contribution in [0.25, 0.3) is 11.3 Å². The molecule has 0 aliphatic rings. The number of furan rings is 1. The highest BCUT2D eigenvalue weighted by molar-refractivity contribution is 5.73. The van der Waals surface area contributed by atoms with Crippen LogP contribution in [-0.2, 0) is 11.3 Å². The minimum absolute atomic E-state index is 0.280. The lowest BCUT2D eigenvalue weighted by Crippen LogP contribution is -2.37. The van der Waals surface area contributed by atoms with Gasteiger partial charge in [-0.3, -0.25) is 10.1 Å². The van der Waals surface area contributed by atoms with Crippen LogP contribution in [0.1, 0.15) is 31.6 Å². The summed E-state index contributed by atoms with van der Waals surface area (Å²) in [6.07, 6.45) is 0.556. The van der Waals surface area contributed by atoms with Crippen molar-refractivity contribution in [3.8, 4) is 11.3 Å². The zero-order valence-corrected chi connectivity index (χ0v) is 13.6. The van der Waals surface area contributed by atoms with Crippen molar-refractivity contribution >= 4 is 5.97 Å². The molecule has 4 nitrogen and oxygen atoms in total. The van der Waals surface area contributed by atoms with Crippen LogP contribution in [0.2, 0.25) is 0 Å². The third-order valence-corrected chi connectivity index (χ3v) is 3.64.